The second-order valence-electron chi connectivity index (χ2n) is 6.06. The fourth-order valence-electron chi connectivity index (χ4n) is 3.27. The number of ether oxygens (including phenoxy) is 2. The normalized spacial score (nSPS) is 11.8. The molecular weight excluding hydrogens is 333 g/mol. The summed E-state index contributed by atoms with van der Waals surface area (Å²) in [5, 5.41) is 10.7. The van der Waals surface area contributed by atoms with E-state index in [9.17, 15) is 4.39 Å². The van der Waals surface area contributed by atoms with Crippen LogP contribution in [0.4, 0.5) is 15.9 Å². The summed E-state index contributed by atoms with van der Waals surface area (Å²) in [6.07, 6.45) is 0.727. The molecule has 2 aromatic carbocycles. The summed E-state index contributed by atoms with van der Waals surface area (Å²) in [5.41, 5.74) is 4.81. The quantitative estimate of drug-likeness (QED) is 0.529. The molecule has 0 saturated heterocycles. The standard InChI is InChI=1S/C20H20FN3O2/c1-3-25-17-9-12-8-16-19(15(12)11-18(17)26-4-2)23-24-20(16)22-14-7-5-6-13(21)10-14/h5-7,9-11H,3-4,8H2,1-2H3,(H2,22,23,24). The van der Waals surface area contributed by atoms with E-state index in [1.165, 1.54) is 12.1 Å². The van der Waals surface area contributed by atoms with Gasteiger partial charge in [-0.05, 0) is 49.7 Å². The van der Waals surface area contributed by atoms with Gasteiger partial charge >= 0.3 is 0 Å². The second-order valence-corrected chi connectivity index (χ2v) is 6.06. The Hall–Kier alpha value is -3.02. The van der Waals surface area contributed by atoms with Gasteiger partial charge in [0.2, 0.25) is 0 Å². The molecule has 0 aliphatic heterocycles. The maximum Gasteiger partial charge on any atom is 0.161 e. The van der Waals surface area contributed by atoms with Gasteiger partial charge in [-0.2, -0.15) is 5.10 Å². The van der Waals surface area contributed by atoms with Crippen LogP contribution in [-0.2, 0) is 6.42 Å². The number of anilines is 2. The summed E-state index contributed by atoms with van der Waals surface area (Å²) in [6.45, 7) is 5.05. The summed E-state index contributed by atoms with van der Waals surface area (Å²) in [4.78, 5) is 0. The minimum absolute atomic E-state index is 0.280. The lowest BCUT2D eigenvalue weighted by atomic mass is 10.1. The van der Waals surface area contributed by atoms with E-state index in [2.05, 4.69) is 15.5 Å². The van der Waals surface area contributed by atoms with Crippen molar-refractivity contribution in [3.63, 3.8) is 0 Å². The van der Waals surface area contributed by atoms with Crippen LogP contribution in [0.1, 0.15) is 25.0 Å². The van der Waals surface area contributed by atoms with Crippen LogP contribution in [-0.4, -0.2) is 23.4 Å². The third-order valence-corrected chi connectivity index (χ3v) is 4.35. The third-order valence-electron chi connectivity index (χ3n) is 4.35. The van der Waals surface area contributed by atoms with Crippen molar-refractivity contribution in [1.29, 1.82) is 0 Å². The number of rotatable bonds is 6. The average Bonchev–Trinajstić information content (AvgIpc) is 3.16. The Labute approximate surface area is 151 Å². The zero-order valence-electron chi connectivity index (χ0n) is 14.7. The van der Waals surface area contributed by atoms with Gasteiger partial charge in [0.05, 0.1) is 18.9 Å². The lowest BCUT2D eigenvalue weighted by Gasteiger charge is -2.13. The van der Waals surface area contributed by atoms with Crippen molar-refractivity contribution in [1.82, 2.24) is 10.2 Å². The second kappa shape index (κ2) is 6.71. The number of aromatic amines is 1. The van der Waals surface area contributed by atoms with E-state index in [4.69, 9.17) is 9.47 Å². The molecule has 4 rings (SSSR count). The fourth-order valence-corrected chi connectivity index (χ4v) is 3.27. The first kappa shape index (κ1) is 16.4. The Morgan fingerprint density at radius 2 is 1.88 bits per heavy atom. The maximum atomic E-state index is 13.4. The number of hydrogen-bond donors (Lipinski definition) is 2. The van der Waals surface area contributed by atoms with Crippen molar-refractivity contribution < 1.29 is 13.9 Å². The van der Waals surface area contributed by atoms with E-state index in [1.807, 2.05) is 32.0 Å². The molecule has 0 fully saturated rings. The highest BCUT2D eigenvalue weighted by atomic mass is 19.1. The van der Waals surface area contributed by atoms with Gasteiger partial charge in [0.1, 0.15) is 11.6 Å². The van der Waals surface area contributed by atoms with E-state index >= 15 is 0 Å². The minimum atomic E-state index is -0.280. The van der Waals surface area contributed by atoms with E-state index in [0.717, 1.165) is 46.1 Å². The molecule has 134 valence electrons. The molecular formula is C20H20FN3O2. The van der Waals surface area contributed by atoms with Gasteiger partial charge in [0.15, 0.2) is 11.5 Å². The number of nitrogens with one attached hydrogen (secondary N) is 2. The van der Waals surface area contributed by atoms with Crippen molar-refractivity contribution in [2.24, 2.45) is 0 Å². The van der Waals surface area contributed by atoms with Crippen LogP contribution in [0.2, 0.25) is 0 Å². The predicted molar refractivity (Wildman–Crippen MR) is 98.9 cm³/mol. The van der Waals surface area contributed by atoms with Crippen molar-refractivity contribution in [2.45, 2.75) is 20.3 Å². The summed E-state index contributed by atoms with van der Waals surface area (Å²) < 4.78 is 24.9. The summed E-state index contributed by atoms with van der Waals surface area (Å²) in [7, 11) is 0. The van der Waals surface area contributed by atoms with E-state index in [1.54, 1.807) is 6.07 Å². The number of benzene rings is 2. The van der Waals surface area contributed by atoms with Gasteiger partial charge < -0.3 is 14.8 Å². The molecule has 2 N–H and O–H groups in total. The van der Waals surface area contributed by atoms with Crippen LogP contribution >= 0.6 is 0 Å². The molecule has 3 aromatic rings. The number of aromatic nitrogens is 2. The number of hydrogen-bond acceptors (Lipinski definition) is 4. The van der Waals surface area contributed by atoms with Crippen LogP contribution in [0.25, 0.3) is 11.3 Å². The Morgan fingerprint density at radius 1 is 1.12 bits per heavy atom. The number of fused-ring (bicyclic) bond motifs is 3. The zero-order chi connectivity index (χ0) is 18.1. The zero-order valence-corrected chi connectivity index (χ0v) is 14.7. The number of halogens is 1. The van der Waals surface area contributed by atoms with E-state index < -0.39 is 0 Å². The molecule has 1 aromatic heterocycles. The van der Waals surface area contributed by atoms with E-state index in [-0.39, 0.29) is 5.82 Å². The van der Waals surface area contributed by atoms with E-state index in [0.29, 0.717) is 18.9 Å². The summed E-state index contributed by atoms with van der Waals surface area (Å²) >= 11 is 0. The molecule has 26 heavy (non-hydrogen) atoms. The monoisotopic (exact) mass is 353 g/mol. The molecule has 0 atom stereocenters. The van der Waals surface area contributed by atoms with Crippen LogP contribution < -0.4 is 14.8 Å². The first-order valence-corrected chi connectivity index (χ1v) is 8.72. The molecule has 0 amide bonds. The first-order valence-electron chi connectivity index (χ1n) is 8.72. The molecule has 1 aliphatic rings. The Balaban J connectivity index is 1.68. The molecule has 0 unspecified atom stereocenters. The van der Waals surface area contributed by atoms with Crippen molar-refractivity contribution in [2.75, 3.05) is 18.5 Å². The average molecular weight is 353 g/mol. The van der Waals surface area contributed by atoms with Crippen molar-refractivity contribution in [3.05, 3.63) is 53.3 Å². The molecule has 0 bridgehead atoms. The molecule has 1 heterocycles. The lowest BCUT2D eigenvalue weighted by Crippen LogP contribution is -2.00. The number of H-pyrrole nitrogens is 1. The molecule has 1 aliphatic carbocycles. The predicted octanol–water partition coefficient (Wildman–Crippen LogP) is 4.66. The molecule has 0 spiro atoms. The maximum absolute atomic E-state index is 13.4. The first-order chi connectivity index (χ1) is 12.7. The van der Waals surface area contributed by atoms with Gasteiger partial charge in [-0.25, -0.2) is 4.39 Å². The Morgan fingerprint density at radius 3 is 2.62 bits per heavy atom. The SMILES string of the molecule is CCOc1cc2c(cc1OCC)-c1n[nH]c(Nc3cccc(F)c3)c1C2. The molecule has 0 radical (unpaired) electrons. The van der Waals surface area contributed by atoms with Gasteiger partial charge in [-0.1, -0.05) is 6.07 Å². The largest absolute Gasteiger partial charge is 0.490 e. The smallest absolute Gasteiger partial charge is 0.161 e. The van der Waals surface area contributed by atoms with Gasteiger partial charge in [-0.15, -0.1) is 0 Å². The summed E-state index contributed by atoms with van der Waals surface area (Å²) in [6, 6.07) is 10.4. The molecule has 0 saturated carbocycles. The molecule has 6 heteroatoms. The Bertz CT molecular complexity index is 952. The lowest BCUT2D eigenvalue weighted by molar-refractivity contribution is 0.287. The highest BCUT2D eigenvalue weighted by Gasteiger charge is 2.27. The molecule has 5 nitrogen and oxygen atoms in total. The number of nitrogens with zero attached hydrogens (tertiary/aromatic N) is 1. The highest BCUT2D eigenvalue weighted by Crippen LogP contribution is 2.44. The van der Waals surface area contributed by atoms with Gasteiger partial charge in [-0.3, -0.25) is 5.10 Å². The minimum Gasteiger partial charge on any atom is -0.490 e. The van der Waals surface area contributed by atoms with Crippen molar-refractivity contribution in [3.8, 4) is 22.8 Å². The van der Waals surface area contributed by atoms with Crippen molar-refractivity contribution >= 4 is 11.5 Å². The topological polar surface area (TPSA) is 59.2 Å². The van der Waals surface area contributed by atoms with Gasteiger partial charge in [0.25, 0.3) is 0 Å². The summed E-state index contributed by atoms with van der Waals surface area (Å²) in [5.74, 6) is 1.97. The van der Waals surface area contributed by atoms with Crippen LogP contribution in [0, 0.1) is 5.82 Å². The van der Waals surface area contributed by atoms with Crippen LogP contribution in [0.5, 0.6) is 11.5 Å². The van der Waals surface area contributed by atoms with Crippen LogP contribution in [0.15, 0.2) is 36.4 Å². The third kappa shape index (κ3) is 2.87. The van der Waals surface area contributed by atoms with Crippen LogP contribution in [0.3, 0.4) is 0 Å². The Kier molecular flexibility index (Phi) is 4.24. The highest BCUT2D eigenvalue weighted by molar-refractivity contribution is 5.81. The van der Waals surface area contributed by atoms with Gasteiger partial charge in [0, 0.05) is 23.2 Å². The fraction of sp³-hybridized carbons (Fsp3) is 0.250.